The Labute approximate surface area is 133 Å². The second kappa shape index (κ2) is 7.63. The van der Waals surface area contributed by atoms with Gasteiger partial charge in [-0.1, -0.05) is 19.1 Å². The molecule has 0 aromatic heterocycles. The molecule has 1 aromatic carbocycles. The van der Waals surface area contributed by atoms with Gasteiger partial charge >= 0.3 is 5.97 Å². The van der Waals surface area contributed by atoms with Crippen LogP contribution in [0.5, 0.6) is 0 Å². The Bertz CT molecular complexity index is 535. The number of aliphatic carboxylic acids is 1. The van der Waals surface area contributed by atoms with E-state index in [1.807, 2.05) is 0 Å². The molecule has 4 nitrogen and oxygen atoms in total. The van der Waals surface area contributed by atoms with Gasteiger partial charge < -0.3 is 10.0 Å². The van der Waals surface area contributed by atoms with Crippen LogP contribution in [-0.4, -0.2) is 46.5 Å². The van der Waals surface area contributed by atoms with Crippen molar-refractivity contribution < 1.29 is 19.1 Å². The summed E-state index contributed by atoms with van der Waals surface area (Å²) in [6.07, 6.45) is 1.01. The molecule has 2 rings (SSSR count). The Morgan fingerprint density at radius 2 is 2.00 bits per heavy atom. The fraction of sp³-hybridized carbons (Fsp3) is 0.500. The molecule has 1 aliphatic heterocycles. The molecule has 0 bridgehead atoms. The van der Waals surface area contributed by atoms with Crippen molar-refractivity contribution in [1.29, 1.82) is 0 Å². The average molecular weight is 325 g/mol. The molecule has 120 valence electrons. The standard InChI is InChI=1S/C16H20FNO3S/c1-2-7-22-10-15(19)18-8-13(14(9-18)16(20)21)11-3-5-12(17)6-4-11/h3-6,13-14H,2,7-10H2,1H3,(H,20,21)/t13-,14+/m0/s1. The Kier molecular flexibility index (Phi) is 5.83. The number of hydrogen-bond acceptors (Lipinski definition) is 3. The third-order valence-electron chi connectivity index (χ3n) is 3.86. The highest BCUT2D eigenvalue weighted by Gasteiger charge is 2.40. The van der Waals surface area contributed by atoms with Gasteiger partial charge in [-0.25, -0.2) is 4.39 Å². The number of hydrogen-bond donors (Lipinski definition) is 1. The van der Waals surface area contributed by atoms with Gasteiger partial charge in [-0.3, -0.25) is 9.59 Å². The van der Waals surface area contributed by atoms with Gasteiger partial charge in [0.2, 0.25) is 5.91 Å². The van der Waals surface area contributed by atoms with E-state index in [1.54, 1.807) is 28.8 Å². The maximum Gasteiger partial charge on any atom is 0.308 e. The second-order valence-electron chi connectivity index (χ2n) is 5.45. The second-order valence-corrected chi connectivity index (χ2v) is 6.56. The highest BCUT2D eigenvalue weighted by molar-refractivity contribution is 7.99. The molecule has 1 N–H and O–H groups in total. The molecule has 2 atom stereocenters. The van der Waals surface area contributed by atoms with Crippen LogP contribution in [0.4, 0.5) is 4.39 Å². The van der Waals surface area contributed by atoms with Gasteiger partial charge in [0.1, 0.15) is 5.82 Å². The molecule has 0 saturated carbocycles. The predicted octanol–water partition coefficient (Wildman–Crippen LogP) is 2.60. The molecule has 1 amide bonds. The number of benzene rings is 1. The molecule has 1 aliphatic rings. The van der Waals surface area contributed by atoms with E-state index in [4.69, 9.17) is 0 Å². The summed E-state index contributed by atoms with van der Waals surface area (Å²) in [5.41, 5.74) is 0.769. The number of thioether (sulfide) groups is 1. The molecule has 1 aromatic rings. The van der Waals surface area contributed by atoms with Crippen molar-refractivity contribution in [2.45, 2.75) is 19.3 Å². The number of halogens is 1. The van der Waals surface area contributed by atoms with Crippen molar-refractivity contribution in [3.63, 3.8) is 0 Å². The minimum atomic E-state index is -0.911. The lowest BCUT2D eigenvalue weighted by Crippen LogP contribution is -2.31. The van der Waals surface area contributed by atoms with Gasteiger partial charge in [0.25, 0.3) is 0 Å². The van der Waals surface area contributed by atoms with Crippen LogP contribution in [0.1, 0.15) is 24.8 Å². The minimum absolute atomic E-state index is 0.0192. The average Bonchev–Trinajstić information content (AvgIpc) is 2.93. The van der Waals surface area contributed by atoms with E-state index < -0.39 is 11.9 Å². The first-order valence-corrected chi connectivity index (χ1v) is 8.52. The lowest BCUT2D eigenvalue weighted by Gasteiger charge is -2.16. The van der Waals surface area contributed by atoms with Crippen molar-refractivity contribution in [3.8, 4) is 0 Å². The zero-order valence-corrected chi connectivity index (χ0v) is 13.3. The molecule has 6 heteroatoms. The maximum absolute atomic E-state index is 13.0. The predicted molar refractivity (Wildman–Crippen MR) is 84.5 cm³/mol. The molecule has 1 heterocycles. The quantitative estimate of drug-likeness (QED) is 0.817. The first-order valence-electron chi connectivity index (χ1n) is 7.36. The first kappa shape index (κ1) is 16.8. The van der Waals surface area contributed by atoms with Crippen molar-refractivity contribution in [1.82, 2.24) is 4.90 Å². The van der Waals surface area contributed by atoms with Gasteiger partial charge in [-0.05, 0) is 29.9 Å². The number of likely N-dealkylation sites (tertiary alicyclic amines) is 1. The smallest absolute Gasteiger partial charge is 0.308 e. The Morgan fingerprint density at radius 3 is 2.59 bits per heavy atom. The molecule has 1 fully saturated rings. The van der Waals surface area contributed by atoms with Crippen molar-refractivity contribution in [2.75, 3.05) is 24.6 Å². The Hall–Kier alpha value is -1.56. The Morgan fingerprint density at radius 1 is 1.32 bits per heavy atom. The van der Waals surface area contributed by atoms with Crippen molar-refractivity contribution in [3.05, 3.63) is 35.6 Å². The Balaban J connectivity index is 2.08. The summed E-state index contributed by atoms with van der Waals surface area (Å²) >= 11 is 1.57. The van der Waals surface area contributed by atoms with Gasteiger partial charge in [-0.15, -0.1) is 0 Å². The van der Waals surface area contributed by atoms with Gasteiger partial charge in [-0.2, -0.15) is 11.8 Å². The summed E-state index contributed by atoms with van der Waals surface area (Å²) in [5.74, 6) is -0.888. The number of carbonyl (C=O) groups excluding carboxylic acids is 1. The maximum atomic E-state index is 13.0. The number of carboxylic acid groups (broad SMARTS) is 1. The van der Waals surface area contributed by atoms with Crippen molar-refractivity contribution in [2.24, 2.45) is 5.92 Å². The summed E-state index contributed by atoms with van der Waals surface area (Å²) in [5, 5.41) is 9.40. The monoisotopic (exact) mass is 325 g/mol. The van der Waals surface area contributed by atoms with Crippen LogP contribution >= 0.6 is 11.8 Å². The SMILES string of the molecule is CCCSCC(=O)N1C[C@@H](C(=O)O)[C@H](c2ccc(F)cc2)C1. The molecular formula is C16H20FNO3S. The number of rotatable bonds is 6. The van der Waals surface area contributed by atoms with E-state index in [-0.39, 0.29) is 24.2 Å². The zero-order valence-electron chi connectivity index (χ0n) is 12.5. The van der Waals surface area contributed by atoms with Gasteiger partial charge in [0.15, 0.2) is 0 Å². The fourth-order valence-corrected chi connectivity index (χ4v) is 3.49. The lowest BCUT2D eigenvalue weighted by atomic mass is 9.89. The highest BCUT2D eigenvalue weighted by atomic mass is 32.2. The van der Waals surface area contributed by atoms with Crippen LogP contribution in [-0.2, 0) is 9.59 Å². The third-order valence-corrected chi connectivity index (χ3v) is 5.01. The number of amides is 1. The van der Waals surface area contributed by atoms with E-state index in [0.717, 1.165) is 17.7 Å². The topological polar surface area (TPSA) is 57.6 Å². The lowest BCUT2D eigenvalue weighted by molar-refractivity contribution is -0.141. The number of carbonyl (C=O) groups is 2. The third kappa shape index (κ3) is 4.00. The van der Waals surface area contributed by atoms with Crippen LogP contribution in [0.3, 0.4) is 0 Å². The molecule has 0 aliphatic carbocycles. The first-order chi connectivity index (χ1) is 10.5. The van der Waals surface area contributed by atoms with E-state index in [2.05, 4.69) is 6.92 Å². The normalized spacial score (nSPS) is 21.1. The van der Waals surface area contributed by atoms with Crippen LogP contribution in [0, 0.1) is 11.7 Å². The summed E-state index contributed by atoms with van der Waals surface area (Å²) < 4.78 is 13.0. The molecule has 0 radical (unpaired) electrons. The van der Waals surface area contributed by atoms with Gasteiger partial charge in [0, 0.05) is 19.0 Å². The van der Waals surface area contributed by atoms with Crippen LogP contribution in [0.2, 0.25) is 0 Å². The van der Waals surface area contributed by atoms with Crippen LogP contribution in [0.15, 0.2) is 24.3 Å². The highest BCUT2D eigenvalue weighted by Crippen LogP contribution is 2.33. The van der Waals surface area contributed by atoms with E-state index in [1.165, 1.54) is 12.1 Å². The zero-order chi connectivity index (χ0) is 16.1. The summed E-state index contributed by atoms with van der Waals surface area (Å²) in [6, 6.07) is 5.87. The molecular weight excluding hydrogens is 305 g/mol. The fourth-order valence-electron chi connectivity index (χ4n) is 2.70. The van der Waals surface area contributed by atoms with Crippen molar-refractivity contribution >= 4 is 23.6 Å². The number of carboxylic acids is 1. The van der Waals surface area contributed by atoms with E-state index >= 15 is 0 Å². The van der Waals surface area contributed by atoms with E-state index in [0.29, 0.717) is 12.3 Å². The molecule has 0 unspecified atom stereocenters. The number of nitrogens with zero attached hydrogens (tertiary/aromatic N) is 1. The summed E-state index contributed by atoms with van der Waals surface area (Å²) in [6.45, 7) is 2.66. The summed E-state index contributed by atoms with van der Waals surface area (Å²) in [7, 11) is 0. The van der Waals surface area contributed by atoms with Crippen LogP contribution in [0.25, 0.3) is 0 Å². The minimum Gasteiger partial charge on any atom is -0.481 e. The summed E-state index contributed by atoms with van der Waals surface area (Å²) in [4.78, 5) is 25.3. The molecule has 22 heavy (non-hydrogen) atoms. The molecule has 0 spiro atoms. The molecule has 1 saturated heterocycles. The van der Waals surface area contributed by atoms with E-state index in [9.17, 15) is 19.1 Å². The van der Waals surface area contributed by atoms with Crippen LogP contribution < -0.4 is 0 Å². The van der Waals surface area contributed by atoms with Gasteiger partial charge in [0.05, 0.1) is 11.7 Å². The largest absolute Gasteiger partial charge is 0.481 e.